The second kappa shape index (κ2) is 9.41. The van der Waals surface area contributed by atoms with E-state index in [9.17, 15) is 23.5 Å². The molecular weight excluding hydrogens is 438 g/mol. The van der Waals surface area contributed by atoms with Crippen molar-refractivity contribution in [1.29, 1.82) is 0 Å². The van der Waals surface area contributed by atoms with Gasteiger partial charge in [-0.1, -0.05) is 31.3 Å². The first kappa shape index (κ1) is 23.3. The highest BCUT2D eigenvalue weighted by Crippen LogP contribution is 2.31. The standard InChI is InChI=1S/C22H22F2N4O3S/c1-22(2,11-29)10-26-20(31)12-6-8-13(9-7-12)27-21-28-19(25)18(32-21)17(30)16-14(23)4-3-5-15(16)24/h3-9,29H,10-11,25H2,1-2H3,(H,26,31)(H,27,28). The smallest absolute Gasteiger partial charge is 0.251 e. The van der Waals surface area contributed by atoms with E-state index in [-0.39, 0.29) is 28.3 Å². The summed E-state index contributed by atoms with van der Waals surface area (Å²) in [4.78, 5) is 28.8. The molecule has 3 aromatic rings. The molecule has 32 heavy (non-hydrogen) atoms. The molecule has 0 aliphatic carbocycles. The van der Waals surface area contributed by atoms with Gasteiger partial charge in [-0.15, -0.1) is 0 Å². The van der Waals surface area contributed by atoms with Crippen molar-refractivity contribution in [2.45, 2.75) is 13.8 Å². The van der Waals surface area contributed by atoms with Crippen LogP contribution < -0.4 is 16.4 Å². The zero-order valence-corrected chi connectivity index (χ0v) is 18.2. The Morgan fingerprint density at radius 1 is 1.12 bits per heavy atom. The number of benzene rings is 2. The van der Waals surface area contributed by atoms with Crippen LogP contribution in [0.1, 0.15) is 39.4 Å². The highest BCUT2D eigenvalue weighted by molar-refractivity contribution is 7.18. The molecule has 0 radical (unpaired) electrons. The number of carbonyl (C=O) groups is 2. The van der Waals surface area contributed by atoms with E-state index in [1.165, 1.54) is 6.07 Å². The number of aliphatic hydroxyl groups is 1. The van der Waals surface area contributed by atoms with Crippen LogP contribution in [0.3, 0.4) is 0 Å². The van der Waals surface area contributed by atoms with Gasteiger partial charge in [-0.05, 0) is 36.4 Å². The molecule has 5 N–H and O–H groups in total. The molecule has 2 aromatic carbocycles. The van der Waals surface area contributed by atoms with Crippen LogP contribution in [0.4, 0.5) is 25.4 Å². The number of nitrogens with zero attached hydrogens (tertiary/aromatic N) is 1. The first-order chi connectivity index (χ1) is 15.1. The number of nitrogen functional groups attached to an aromatic ring is 1. The molecule has 1 heterocycles. The lowest BCUT2D eigenvalue weighted by Crippen LogP contribution is -2.36. The number of aliphatic hydroxyl groups excluding tert-OH is 1. The molecule has 0 aliphatic rings. The topological polar surface area (TPSA) is 117 Å². The van der Waals surface area contributed by atoms with Crippen LogP contribution in [0.2, 0.25) is 0 Å². The van der Waals surface area contributed by atoms with Crippen LogP contribution in [-0.2, 0) is 0 Å². The summed E-state index contributed by atoms with van der Waals surface area (Å²) in [5.74, 6) is -3.27. The maximum Gasteiger partial charge on any atom is 0.251 e. The van der Waals surface area contributed by atoms with Gasteiger partial charge in [-0.25, -0.2) is 13.8 Å². The van der Waals surface area contributed by atoms with Gasteiger partial charge in [0.25, 0.3) is 5.91 Å². The highest BCUT2D eigenvalue weighted by atomic mass is 32.1. The highest BCUT2D eigenvalue weighted by Gasteiger charge is 2.24. The molecule has 0 atom stereocenters. The second-order valence-electron chi connectivity index (χ2n) is 7.87. The number of nitrogens with one attached hydrogen (secondary N) is 2. The number of carbonyl (C=O) groups excluding carboxylic acids is 2. The van der Waals surface area contributed by atoms with Crippen molar-refractivity contribution in [2.75, 3.05) is 24.2 Å². The number of halogens is 2. The number of hydrogen-bond donors (Lipinski definition) is 4. The summed E-state index contributed by atoms with van der Waals surface area (Å²) in [5, 5.41) is 15.2. The SMILES string of the molecule is CC(C)(CO)CNC(=O)c1ccc(Nc2nc(N)c(C(=O)c3c(F)cccc3F)s2)cc1. The molecule has 10 heteroatoms. The third-order valence-corrected chi connectivity index (χ3v) is 5.59. The van der Waals surface area contributed by atoms with E-state index in [4.69, 9.17) is 5.73 Å². The number of anilines is 3. The third-order valence-electron chi connectivity index (χ3n) is 4.60. The van der Waals surface area contributed by atoms with Crippen molar-refractivity contribution >= 4 is 39.7 Å². The first-order valence-electron chi connectivity index (χ1n) is 9.62. The Morgan fingerprint density at radius 3 is 2.34 bits per heavy atom. The minimum absolute atomic E-state index is 0.0544. The van der Waals surface area contributed by atoms with Gasteiger partial charge >= 0.3 is 0 Å². The number of nitrogens with two attached hydrogens (primary N) is 1. The van der Waals surface area contributed by atoms with Gasteiger partial charge in [0.1, 0.15) is 22.3 Å². The van der Waals surface area contributed by atoms with Gasteiger partial charge in [0.05, 0.1) is 5.56 Å². The lowest BCUT2D eigenvalue weighted by atomic mass is 9.95. The largest absolute Gasteiger partial charge is 0.396 e. The molecule has 7 nitrogen and oxygen atoms in total. The molecule has 0 unspecified atom stereocenters. The molecular formula is C22H22F2N4O3S. The van der Waals surface area contributed by atoms with Gasteiger partial charge in [0.15, 0.2) is 5.13 Å². The van der Waals surface area contributed by atoms with Crippen LogP contribution in [0.15, 0.2) is 42.5 Å². The zero-order chi connectivity index (χ0) is 23.5. The fourth-order valence-corrected chi connectivity index (χ4v) is 3.53. The summed E-state index contributed by atoms with van der Waals surface area (Å²) in [6, 6.07) is 9.64. The fourth-order valence-electron chi connectivity index (χ4n) is 2.68. The number of ketones is 1. The van der Waals surface area contributed by atoms with E-state index in [1.807, 2.05) is 13.8 Å². The van der Waals surface area contributed by atoms with Crippen LogP contribution in [0.25, 0.3) is 0 Å². The number of hydrogen-bond acceptors (Lipinski definition) is 7. The van der Waals surface area contributed by atoms with Crippen molar-refractivity contribution < 1.29 is 23.5 Å². The lowest BCUT2D eigenvalue weighted by Gasteiger charge is -2.21. The van der Waals surface area contributed by atoms with Gasteiger partial charge in [0.2, 0.25) is 5.78 Å². The summed E-state index contributed by atoms with van der Waals surface area (Å²) >= 11 is 0.865. The number of thiazole rings is 1. The summed E-state index contributed by atoms with van der Waals surface area (Å²) < 4.78 is 27.9. The molecule has 1 amide bonds. The van der Waals surface area contributed by atoms with E-state index in [0.717, 1.165) is 23.5 Å². The van der Waals surface area contributed by atoms with Crippen LogP contribution in [-0.4, -0.2) is 34.9 Å². The van der Waals surface area contributed by atoms with Gasteiger partial charge in [0, 0.05) is 29.8 Å². The quantitative estimate of drug-likeness (QED) is 0.381. The average molecular weight is 461 g/mol. The van der Waals surface area contributed by atoms with Gasteiger partial charge < -0.3 is 21.5 Å². The molecule has 3 rings (SSSR count). The molecule has 0 fully saturated rings. The first-order valence-corrected chi connectivity index (χ1v) is 10.4. The zero-order valence-electron chi connectivity index (χ0n) is 17.4. The van der Waals surface area contributed by atoms with E-state index in [2.05, 4.69) is 15.6 Å². The summed E-state index contributed by atoms with van der Waals surface area (Å²) in [6.45, 7) is 3.93. The Bertz CT molecular complexity index is 1130. The predicted molar refractivity (Wildman–Crippen MR) is 119 cm³/mol. The van der Waals surface area contributed by atoms with Crippen molar-refractivity contribution in [1.82, 2.24) is 10.3 Å². The molecule has 0 spiro atoms. The maximum absolute atomic E-state index is 13.9. The Balaban J connectivity index is 1.71. The Labute approximate surface area is 187 Å². The van der Waals surface area contributed by atoms with Crippen LogP contribution in [0, 0.1) is 17.0 Å². The fraction of sp³-hybridized carbons (Fsp3) is 0.227. The summed E-state index contributed by atoms with van der Waals surface area (Å²) in [7, 11) is 0. The van der Waals surface area contributed by atoms with E-state index >= 15 is 0 Å². The van der Waals surface area contributed by atoms with E-state index in [1.54, 1.807) is 24.3 Å². The van der Waals surface area contributed by atoms with Gasteiger partial charge in [-0.2, -0.15) is 0 Å². The maximum atomic E-state index is 13.9. The average Bonchev–Trinajstić information content (AvgIpc) is 3.12. The van der Waals surface area contributed by atoms with Crippen molar-refractivity contribution in [3.63, 3.8) is 0 Å². The molecule has 0 saturated heterocycles. The summed E-state index contributed by atoms with van der Waals surface area (Å²) in [5.41, 5.74) is 5.68. The normalized spacial score (nSPS) is 11.3. The van der Waals surface area contributed by atoms with E-state index in [0.29, 0.717) is 17.8 Å². The summed E-state index contributed by atoms with van der Waals surface area (Å²) in [6.07, 6.45) is 0. The molecule has 1 aromatic heterocycles. The van der Waals surface area contributed by atoms with Gasteiger partial charge in [-0.3, -0.25) is 9.59 Å². The third kappa shape index (κ3) is 5.27. The minimum atomic E-state index is -0.978. The molecule has 168 valence electrons. The molecule has 0 bridgehead atoms. The number of rotatable bonds is 8. The lowest BCUT2D eigenvalue weighted by molar-refractivity contribution is 0.0910. The molecule has 0 saturated carbocycles. The van der Waals surface area contributed by atoms with Crippen molar-refractivity contribution in [2.24, 2.45) is 5.41 Å². The van der Waals surface area contributed by atoms with Crippen molar-refractivity contribution in [3.8, 4) is 0 Å². The monoisotopic (exact) mass is 460 g/mol. The Hall–Kier alpha value is -3.37. The van der Waals surface area contributed by atoms with E-state index < -0.39 is 28.4 Å². The number of amides is 1. The number of aromatic nitrogens is 1. The van der Waals surface area contributed by atoms with Crippen LogP contribution in [0.5, 0.6) is 0 Å². The Morgan fingerprint density at radius 2 is 1.75 bits per heavy atom. The Kier molecular flexibility index (Phi) is 6.85. The minimum Gasteiger partial charge on any atom is -0.396 e. The predicted octanol–water partition coefficient (Wildman–Crippen LogP) is 3.73. The van der Waals surface area contributed by atoms with Crippen LogP contribution >= 0.6 is 11.3 Å². The molecule has 0 aliphatic heterocycles. The second-order valence-corrected chi connectivity index (χ2v) is 8.87. The van der Waals surface area contributed by atoms with Crippen molar-refractivity contribution in [3.05, 3.63) is 70.1 Å².